The van der Waals surface area contributed by atoms with Crippen LogP contribution < -0.4 is 5.32 Å². The summed E-state index contributed by atoms with van der Waals surface area (Å²) in [5.41, 5.74) is 0.622. The predicted molar refractivity (Wildman–Crippen MR) is 88.9 cm³/mol. The van der Waals surface area contributed by atoms with Gasteiger partial charge in [-0.1, -0.05) is 40.5 Å². The van der Waals surface area contributed by atoms with Crippen molar-refractivity contribution in [2.75, 3.05) is 6.54 Å². The Morgan fingerprint density at radius 3 is 2.10 bits per heavy atom. The fourth-order valence-electron chi connectivity index (χ4n) is 5.43. The van der Waals surface area contributed by atoms with Crippen molar-refractivity contribution in [2.45, 2.75) is 91.5 Å². The van der Waals surface area contributed by atoms with Crippen LogP contribution in [0, 0.1) is 23.2 Å². The second kappa shape index (κ2) is 7.29. The average molecular weight is 280 g/mol. The van der Waals surface area contributed by atoms with Crippen molar-refractivity contribution in [3.8, 4) is 0 Å². The fourth-order valence-corrected chi connectivity index (χ4v) is 5.43. The van der Waals surface area contributed by atoms with E-state index in [0.717, 1.165) is 23.8 Å². The molecule has 1 N–H and O–H groups in total. The quantitative estimate of drug-likeness (QED) is 0.686. The maximum Gasteiger partial charge on any atom is 0.0152 e. The summed E-state index contributed by atoms with van der Waals surface area (Å²) in [7, 11) is 0. The molecule has 2 aliphatic carbocycles. The van der Waals surface area contributed by atoms with Crippen molar-refractivity contribution in [1.82, 2.24) is 5.32 Å². The van der Waals surface area contributed by atoms with Crippen molar-refractivity contribution >= 4 is 0 Å². The first-order chi connectivity index (χ1) is 9.61. The summed E-state index contributed by atoms with van der Waals surface area (Å²) in [6.07, 6.45) is 12.9. The van der Waals surface area contributed by atoms with E-state index < -0.39 is 0 Å². The number of rotatable bonds is 6. The van der Waals surface area contributed by atoms with Gasteiger partial charge in [0.05, 0.1) is 0 Å². The summed E-state index contributed by atoms with van der Waals surface area (Å²) in [5.74, 6) is 2.80. The van der Waals surface area contributed by atoms with Gasteiger partial charge in [0.1, 0.15) is 0 Å². The van der Waals surface area contributed by atoms with Crippen molar-refractivity contribution in [2.24, 2.45) is 23.2 Å². The van der Waals surface area contributed by atoms with Crippen LogP contribution in [0.15, 0.2) is 0 Å². The maximum absolute atomic E-state index is 4.01. The maximum atomic E-state index is 4.01. The average Bonchev–Trinajstić information content (AvgIpc) is 2.88. The standard InChI is InChI=1S/C19H37N/c1-5-11-20-18(19(6-2)9-7-8-10-19)17-13-15(3)12-16(4)14-17/h15-18,20H,5-14H2,1-4H3. The van der Waals surface area contributed by atoms with Crippen LogP contribution in [-0.4, -0.2) is 12.6 Å². The van der Waals surface area contributed by atoms with E-state index in [0.29, 0.717) is 5.41 Å². The first-order valence-electron chi connectivity index (χ1n) is 9.34. The molecule has 3 atom stereocenters. The van der Waals surface area contributed by atoms with Gasteiger partial charge >= 0.3 is 0 Å². The zero-order chi connectivity index (χ0) is 14.6. The number of hydrogen-bond donors (Lipinski definition) is 1. The highest BCUT2D eigenvalue weighted by atomic mass is 14.9. The normalized spacial score (nSPS) is 35.1. The third kappa shape index (κ3) is 3.59. The van der Waals surface area contributed by atoms with Gasteiger partial charge in [-0.25, -0.2) is 0 Å². The molecule has 2 rings (SSSR count). The Hall–Kier alpha value is -0.0400. The predicted octanol–water partition coefficient (Wildman–Crippen LogP) is 5.40. The zero-order valence-corrected chi connectivity index (χ0v) is 14.4. The first kappa shape index (κ1) is 16.3. The minimum Gasteiger partial charge on any atom is -0.313 e. The van der Waals surface area contributed by atoms with Gasteiger partial charge in [0.15, 0.2) is 0 Å². The molecule has 118 valence electrons. The van der Waals surface area contributed by atoms with E-state index >= 15 is 0 Å². The Morgan fingerprint density at radius 2 is 1.60 bits per heavy atom. The number of nitrogens with one attached hydrogen (secondary N) is 1. The van der Waals surface area contributed by atoms with Crippen LogP contribution in [0.4, 0.5) is 0 Å². The van der Waals surface area contributed by atoms with E-state index in [1.165, 1.54) is 64.3 Å². The summed E-state index contributed by atoms with van der Waals surface area (Å²) in [5, 5.41) is 4.01. The molecule has 0 bridgehead atoms. The van der Waals surface area contributed by atoms with Crippen molar-refractivity contribution in [3.05, 3.63) is 0 Å². The van der Waals surface area contributed by atoms with Crippen LogP contribution in [0.3, 0.4) is 0 Å². The fraction of sp³-hybridized carbons (Fsp3) is 1.00. The lowest BCUT2D eigenvalue weighted by Gasteiger charge is -2.46. The van der Waals surface area contributed by atoms with Gasteiger partial charge in [0.25, 0.3) is 0 Å². The lowest BCUT2D eigenvalue weighted by Crippen LogP contribution is -2.50. The lowest BCUT2D eigenvalue weighted by atomic mass is 9.64. The van der Waals surface area contributed by atoms with Gasteiger partial charge in [-0.3, -0.25) is 0 Å². The number of hydrogen-bond acceptors (Lipinski definition) is 1. The van der Waals surface area contributed by atoms with E-state index in [1.54, 1.807) is 0 Å². The van der Waals surface area contributed by atoms with Crippen LogP contribution in [0.5, 0.6) is 0 Å². The van der Waals surface area contributed by atoms with Gasteiger partial charge in [0.2, 0.25) is 0 Å². The molecule has 0 aromatic rings. The SMILES string of the molecule is CCCNC(C1CC(C)CC(C)C1)C1(CC)CCCC1. The van der Waals surface area contributed by atoms with Crippen LogP contribution in [0.2, 0.25) is 0 Å². The molecule has 0 aromatic heterocycles. The Balaban J connectivity index is 2.13. The van der Waals surface area contributed by atoms with Gasteiger partial charge < -0.3 is 5.32 Å². The van der Waals surface area contributed by atoms with Crippen LogP contribution >= 0.6 is 0 Å². The highest BCUT2D eigenvalue weighted by Crippen LogP contribution is 2.49. The van der Waals surface area contributed by atoms with Crippen LogP contribution in [-0.2, 0) is 0 Å². The summed E-state index contributed by atoms with van der Waals surface area (Å²) in [4.78, 5) is 0. The van der Waals surface area contributed by atoms with E-state index in [2.05, 4.69) is 33.0 Å². The third-order valence-corrected chi connectivity index (χ3v) is 6.26. The van der Waals surface area contributed by atoms with Crippen molar-refractivity contribution < 1.29 is 0 Å². The van der Waals surface area contributed by atoms with Gasteiger partial charge in [-0.2, -0.15) is 0 Å². The monoisotopic (exact) mass is 279 g/mol. The highest BCUT2D eigenvalue weighted by Gasteiger charge is 2.44. The lowest BCUT2D eigenvalue weighted by molar-refractivity contribution is 0.0797. The van der Waals surface area contributed by atoms with Gasteiger partial charge in [-0.05, 0) is 74.7 Å². The summed E-state index contributed by atoms with van der Waals surface area (Å²) < 4.78 is 0. The molecular weight excluding hydrogens is 242 g/mol. The second-order valence-electron chi connectivity index (χ2n) is 8.03. The topological polar surface area (TPSA) is 12.0 Å². The minimum absolute atomic E-state index is 0.622. The van der Waals surface area contributed by atoms with Crippen molar-refractivity contribution in [1.29, 1.82) is 0 Å². The zero-order valence-electron chi connectivity index (χ0n) is 14.4. The summed E-state index contributed by atoms with van der Waals surface area (Å²) >= 11 is 0. The molecule has 20 heavy (non-hydrogen) atoms. The first-order valence-corrected chi connectivity index (χ1v) is 9.34. The molecule has 3 unspecified atom stereocenters. The summed E-state index contributed by atoms with van der Waals surface area (Å²) in [6.45, 7) is 10.9. The van der Waals surface area contributed by atoms with E-state index in [-0.39, 0.29) is 0 Å². The molecule has 0 heterocycles. The Morgan fingerprint density at radius 1 is 1.00 bits per heavy atom. The molecule has 0 radical (unpaired) electrons. The molecule has 2 aliphatic rings. The third-order valence-electron chi connectivity index (χ3n) is 6.26. The van der Waals surface area contributed by atoms with E-state index in [9.17, 15) is 0 Å². The molecule has 0 saturated heterocycles. The molecule has 1 nitrogen and oxygen atoms in total. The highest BCUT2D eigenvalue weighted by molar-refractivity contribution is 4.98. The molecule has 0 amide bonds. The molecule has 1 heteroatoms. The Kier molecular flexibility index (Phi) is 5.95. The largest absolute Gasteiger partial charge is 0.313 e. The summed E-state index contributed by atoms with van der Waals surface area (Å²) in [6, 6.07) is 0.792. The molecule has 0 aromatic carbocycles. The van der Waals surface area contributed by atoms with Gasteiger partial charge in [-0.15, -0.1) is 0 Å². The Labute approximate surface area is 127 Å². The molecular formula is C19H37N. The smallest absolute Gasteiger partial charge is 0.0152 e. The van der Waals surface area contributed by atoms with Crippen LogP contribution in [0.25, 0.3) is 0 Å². The second-order valence-corrected chi connectivity index (χ2v) is 8.03. The molecule has 2 saturated carbocycles. The minimum atomic E-state index is 0.622. The van der Waals surface area contributed by atoms with E-state index in [4.69, 9.17) is 0 Å². The molecule has 0 spiro atoms. The molecule has 2 fully saturated rings. The van der Waals surface area contributed by atoms with E-state index in [1.807, 2.05) is 0 Å². The van der Waals surface area contributed by atoms with Crippen LogP contribution in [0.1, 0.15) is 85.5 Å². The van der Waals surface area contributed by atoms with Crippen molar-refractivity contribution in [3.63, 3.8) is 0 Å². The molecule has 0 aliphatic heterocycles. The van der Waals surface area contributed by atoms with Gasteiger partial charge in [0, 0.05) is 6.04 Å². The Bertz CT molecular complexity index is 269.